The number of sulfonamides is 1. The van der Waals surface area contributed by atoms with Gasteiger partial charge < -0.3 is 5.32 Å². The number of amides is 1. The molecule has 0 aliphatic heterocycles. The Labute approximate surface area is 129 Å². The molecule has 2 aromatic rings. The highest BCUT2D eigenvalue weighted by Crippen LogP contribution is 2.12. The van der Waals surface area contributed by atoms with Gasteiger partial charge in [0.25, 0.3) is 0 Å². The van der Waals surface area contributed by atoms with Gasteiger partial charge in [-0.2, -0.15) is 5.10 Å². The molecule has 0 bridgehead atoms. The van der Waals surface area contributed by atoms with Crippen LogP contribution in [0, 0.1) is 6.92 Å². The molecule has 0 spiro atoms. The minimum atomic E-state index is -3.43. The number of nitrogens with one attached hydrogen (secondary N) is 3. The van der Waals surface area contributed by atoms with Crippen LogP contribution in [0.25, 0.3) is 0 Å². The van der Waals surface area contributed by atoms with Crippen LogP contribution in [0.5, 0.6) is 0 Å². The molecule has 1 aromatic carbocycles. The third kappa shape index (κ3) is 4.15. The van der Waals surface area contributed by atoms with E-state index in [-0.39, 0.29) is 10.8 Å². The van der Waals surface area contributed by atoms with Crippen LogP contribution in [0.4, 0.5) is 5.82 Å². The fourth-order valence-electron chi connectivity index (χ4n) is 1.90. The van der Waals surface area contributed by atoms with E-state index in [2.05, 4.69) is 20.2 Å². The van der Waals surface area contributed by atoms with E-state index in [1.54, 1.807) is 18.2 Å². The topological polar surface area (TPSA) is 104 Å². The van der Waals surface area contributed by atoms with E-state index in [0.717, 1.165) is 11.3 Å². The predicted molar refractivity (Wildman–Crippen MR) is 83.0 cm³/mol. The Morgan fingerprint density at radius 1 is 1.27 bits per heavy atom. The summed E-state index contributed by atoms with van der Waals surface area (Å²) < 4.78 is 25.5. The van der Waals surface area contributed by atoms with Gasteiger partial charge in [0.15, 0.2) is 5.82 Å². The summed E-state index contributed by atoms with van der Waals surface area (Å²) >= 11 is 0. The highest BCUT2D eigenvalue weighted by molar-refractivity contribution is 7.89. The fourth-order valence-corrected chi connectivity index (χ4v) is 2.63. The molecule has 0 aliphatic carbocycles. The SMILES string of the molecule is CNS(=O)(=O)c1ccc(CCC(=O)Nc2cc(C)[nH]n2)cc1. The molecule has 118 valence electrons. The van der Waals surface area contributed by atoms with Gasteiger partial charge in [-0.1, -0.05) is 12.1 Å². The van der Waals surface area contributed by atoms with Crippen molar-refractivity contribution in [2.75, 3.05) is 12.4 Å². The molecule has 3 N–H and O–H groups in total. The van der Waals surface area contributed by atoms with Crippen molar-refractivity contribution in [3.05, 3.63) is 41.6 Å². The molecule has 0 fully saturated rings. The van der Waals surface area contributed by atoms with Gasteiger partial charge in [0.05, 0.1) is 4.90 Å². The van der Waals surface area contributed by atoms with Crippen molar-refractivity contribution in [1.82, 2.24) is 14.9 Å². The summed E-state index contributed by atoms with van der Waals surface area (Å²) in [5.74, 6) is 0.358. The molecule has 0 saturated carbocycles. The Bertz CT molecular complexity index is 751. The van der Waals surface area contributed by atoms with Crippen LogP contribution in [0.2, 0.25) is 0 Å². The smallest absolute Gasteiger partial charge is 0.240 e. The normalized spacial score (nSPS) is 11.4. The van der Waals surface area contributed by atoms with E-state index in [0.29, 0.717) is 18.7 Å². The summed E-state index contributed by atoms with van der Waals surface area (Å²) in [4.78, 5) is 12.0. The van der Waals surface area contributed by atoms with Crippen molar-refractivity contribution in [2.24, 2.45) is 0 Å². The van der Waals surface area contributed by atoms with E-state index in [1.807, 2.05) is 6.92 Å². The maximum Gasteiger partial charge on any atom is 0.240 e. The Balaban J connectivity index is 1.90. The second-order valence-corrected chi connectivity index (χ2v) is 6.72. The van der Waals surface area contributed by atoms with Crippen molar-refractivity contribution < 1.29 is 13.2 Å². The lowest BCUT2D eigenvalue weighted by Gasteiger charge is -2.05. The van der Waals surface area contributed by atoms with E-state index in [9.17, 15) is 13.2 Å². The van der Waals surface area contributed by atoms with Gasteiger partial charge in [0.1, 0.15) is 0 Å². The molecule has 0 radical (unpaired) electrons. The Morgan fingerprint density at radius 2 is 1.95 bits per heavy atom. The van der Waals surface area contributed by atoms with Gasteiger partial charge in [-0.25, -0.2) is 13.1 Å². The number of nitrogens with zero attached hydrogens (tertiary/aromatic N) is 1. The molecule has 1 amide bonds. The number of hydrogen-bond acceptors (Lipinski definition) is 4. The molecule has 1 heterocycles. The third-order valence-electron chi connectivity index (χ3n) is 3.12. The summed E-state index contributed by atoms with van der Waals surface area (Å²) in [6.07, 6.45) is 0.819. The van der Waals surface area contributed by atoms with Crippen molar-refractivity contribution >= 4 is 21.7 Å². The lowest BCUT2D eigenvalue weighted by molar-refractivity contribution is -0.116. The van der Waals surface area contributed by atoms with Gasteiger partial charge in [0.2, 0.25) is 15.9 Å². The molecule has 0 unspecified atom stereocenters. The lowest BCUT2D eigenvalue weighted by atomic mass is 10.1. The first kappa shape index (κ1) is 16.2. The van der Waals surface area contributed by atoms with Gasteiger partial charge in [0, 0.05) is 18.2 Å². The minimum Gasteiger partial charge on any atom is -0.309 e. The van der Waals surface area contributed by atoms with Crippen LogP contribution in [-0.2, 0) is 21.2 Å². The third-order valence-corrected chi connectivity index (χ3v) is 4.55. The molecule has 7 nitrogen and oxygen atoms in total. The lowest BCUT2D eigenvalue weighted by Crippen LogP contribution is -2.18. The zero-order valence-corrected chi connectivity index (χ0v) is 13.2. The number of rotatable bonds is 6. The van der Waals surface area contributed by atoms with Crippen LogP contribution in [0.15, 0.2) is 35.2 Å². The van der Waals surface area contributed by atoms with Crippen LogP contribution < -0.4 is 10.0 Å². The summed E-state index contributed by atoms with van der Waals surface area (Å²) in [6.45, 7) is 1.85. The molecule has 2 rings (SSSR count). The monoisotopic (exact) mass is 322 g/mol. The van der Waals surface area contributed by atoms with Crippen molar-refractivity contribution in [2.45, 2.75) is 24.7 Å². The molecule has 0 aliphatic rings. The van der Waals surface area contributed by atoms with Gasteiger partial charge in [-0.3, -0.25) is 9.89 Å². The van der Waals surface area contributed by atoms with Crippen molar-refractivity contribution in [3.8, 4) is 0 Å². The summed E-state index contributed by atoms with van der Waals surface area (Å²) in [7, 11) is -2.06. The number of H-pyrrole nitrogens is 1. The molecule has 1 aromatic heterocycles. The van der Waals surface area contributed by atoms with E-state index in [1.165, 1.54) is 19.2 Å². The first-order valence-electron chi connectivity index (χ1n) is 6.75. The highest BCUT2D eigenvalue weighted by Gasteiger charge is 2.11. The number of hydrogen-bond donors (Lipinski definition) is 3. The first-order valence-corrected chi connectivity index (χ1v) is 8.23. The van der Waals surface area contributed by atoms with Gasteiger partial charge in [-0.15, -0.1) is 0 Å². The van der Waals surface area contributed by atoms with Gasteiger partial charge >= 0.3 is 0 Å². The highest BCUT2D eigenvalue weighted by atomic mass is 32.2. The average Bonchev–Trinajstić information content (AvgIpc) is 2.90. The number of aromatic amines is 1. The van der Waals surface area contributed by atoms with Crippen LogP contribution in [0.3, 0.4) is 0 Å². The number of aromatic nitrogens is 2. The zero-order valence-electron chi connectivity index (χ0n) is 12.4. The van der Waals surface area contributed by atoms with Crippen molar-refractivity contribution in [1.29, 1.82) is 0 Å². The van der Waals surface area contributed by atoms with Crippen molar-refractivity contribution in [3.63, 3.8) is 0 Å². The maximum absolute atomic E-state index is 11.8. The number of aryl methyl sites for hydroxylation is 2. The summed E-state index contributed by atoms with van der Waals surface area (Å²) in [6, 6.07) is 8.20. The quantitative estimate of drug-likeness (QED) is 0.743. The first-order chi connectivity index (χ1) is 10.4. The zero-order chi connectivity index (χ0) is 16.2. The Hall–Kier alpha value is -2.19. The number of benzene rings is 1. The Morgan fingerprint density at radius 3 is 2.50 bits per heavy atom. The Kier molecular flexibility index (Phi) is 4.94. The standard InChI is InChI=1S/C14H18N4O3S/c1-10-9-13(18-17-10)16-14(19)8-5-11-3-6-12(7-4-11)22(20,21)15-2/h3-4,6-7,9,15H,5,8H2,1-2H3,(H2,16,17,18,19). The summed E-state index contributed by atoms with van der Waals surface area (Å²) in [5, 5.41) is 9.36. The minimum absolute atomic E-state index is 0.140. The van der Waals surface area contributed by atoms with E-state index < -0.39 is 10.0 Å². The molecule has 8 heteroatoms. The van der Waals surface area contributed by atoms with E-state index >= 15 is 0 Å². The van der Waals surface area contributed by atoms with Crippen LogP contribution in [-0.4, -0.2) is 31.6 Å². The number of carbonyl (C=O) groups excluding carboxylic acids is 1. The predicted octanol–water partition coefficient (Wildman–Crippen LogP) is 1.20. The average molecular weight is 322 g/mol. The second kappa shape index (κ2) is 6.71. The molecule has 22 heavy (non-hydrogen) atoms. The van der Waals surface area contributed by atoms with Gasteiger partial charge in [-0.05, 0) is 38.1 Å². The number of anilines is 1. The summed E-state index contributed by atoms with van der Waals surface area (Å²) in [5.41, 5.74) is 1.76. The fraction of sp³-hybridized carbons (Fsp3) is 0.286. The molecule has 0 saturated heterocycles. The second-order valence-electron chi connectivity index (χ2n) is 4.84. The van der Waals surface area contributed by atoms with Crippen LogP contribution >= 0.6 is 0 Å². The largest absolute Gasteiger partial charge is 0.309 e. The molecular formula is C14H18N4O3S. The number of carbonyl (C=O) groups is 1. The molecular weight excluding hydrogens is 304 g/mol. The van der Waals surface area contributed by atoms with Crippen LogP contribution in [0.1, 0.15) is 17.7 Å². The molecule has 0 atom stereocenters. The van der Waals surface area contributed by atoms with E-state index in [4.69, 9.17) is 0 Å². The maximum atomic E-state index is 11.8.